The second kappa shape index (κ2) is 6.56. The first-order valence-corrected chi connectivity index (χ1v) is 6.09. The third-order valence-electron chi connectivity index (χ3n) is 2.45. The molecule has 0 saturated heterocycles. The number of anilines is 1. The van der Waals surface area contributed by atoms with Gasteiger partial charge in [-0.1, -0.05) is 11.6 Å². The summed E-state index contributed by atoms with van der Waals surface area (Å²) in [7, 11) is 4.02. The molecule has 2 N–H and O–H groups in total. The van der Waals surface area contributed by atoms with E-state index >= 15 is 0 Å². The standard InChI is InChI=1S/C12H18ClN3O2/c1-8(6-7-16(2)3)14-10-5-4-9(13)11(15-10)12(17)18/h4-5,8H,6-7H2,1-3H3,(H,14,15)(H,17,18). The smallest absolute Gasteiger partial charge is 0.356 e. The van der Waals surface area contributed by atoms with Crippen LogP contribution in [0.2, 0.25) is 5.02 Å². The fraction of sp³-hybridized carbons (Fsp3) is 0.500. The SMILES string of the molecule is CC(CCN(C)C)Nc1ccc(Cl)c(C(=O)O)n1. The number of rotatable bonds is 6. The molecule has 0 aromatic carbocycles. The molecular formula is C12H18ClN3O2. The van der Waals surface area contributed by atoms with E-state index < -0.39 is 5.97 Å². The lowest BCUT2D eigenvalue weighted by Gasteiger charge is -2.17. The van der Waals surface area contributed by atoms with Crippen molar-refractivity contribution in [1.82, 2.24) is 9.88 Å². The van der Waals surface area contributed by atoms with Gasteiger partial charge in [-0.3, -0.25) is 0 Å². The molecule has 0 aliphatic carbocycles. The first-order valence-electron chi connectivity index (χ1n) is 5.71. The van der Waals surface area contributed by atoms with Gasteiger partial charge in [0.2, 0.25) is 0 Å². The van der Waals surface area contributed by atoms with Crippen LogP contribution in [0.15, 0.2) is 12.1 Å². The zero-order chi connectivity index (χ0) is 13.7. The van der Waals surface area contributed by atoms with Crippen LogP contribution in [0, 0.1) is 0 Å². The molecule has 1 rings (SSSR count). The van der Waals surface area contributed by atoms with Crippen molar-refractivity contribution in [2.75, 3.05) is 26.0 Å². The Hall–Kier alpha value is -1.33. The van der Waals surface area contributed by atoms with E-state index in [-0.39, 0.29) is 16.8 Å². The maximum Gasteiger partial charge on any atom is 0.356 e. The average Bonchev–Trinajstić information content (AvgIpc) is 2.28. The number of aromatic nitrogens is 1. The number of hydrogen-bond acceptors (Lipinski definition) is 4. The third kappa shape index (κ3) is 4.50. The Kier molecular flexibility index (Phi) is 5.37. The highest BCUT2D eigenvalue weighted by molar-refractivity contribution is 6.33. The minimum Gasteiger partial charge on any atom is -0.476 e. The zero-order valence-corrected chi connectivity index (χ0v) is 11.5. The Morgan fingerprint density at radius 2 is 2.22 bits per heavy atom. The Morgan fingerprint density at radius 1 is 1.56 bits per heavy atom. The van der Waals surface area contributed by atoms with Gasteiger partial charge in [-0.05, 0) is 46.1 Å². The second-order valence-corrected chi connectivity index (χ2v) is 4.88. The topological polar surface area (TPSA) is 65.5 Å². The van der Waals surface area contributed by atoms with Gasteiger partial charge in [0, 0.05) is 6.04 Å². The Bertz CT molecular complexity index is 424. The quantitative estimate of drug-likeness (QED) is 0.830. The van der Waals surface area contributed by atoms with Crippen LogP contribution in [0.4, 0.5) is 5.82 Å². The number of carboxylic acids is 1. The van der Waals surface area contributed by atoms with Crippen molar-refractivity contribution in [3.05, 3.63) is 22.8 Å². The number of aromatic carboxylic acids is 1. The van der Waals surface area contributed by atoms with Crippen LogP contribution in [0.5, 0.6) is 0 Å². The first kappa shape index (κ1) is 14.7. The summed E-state index contributed by atoms with van der Waals surface area (Å²) in [5, 5.41) is 12.2. The molecule has 0 bridgehead atoms. The fourth-order valence-electron chi connectivity index (χ4n) is 1.45. The maximum atomic E-state index is 10.9. The van der Waals surface area contributed by atoms with Crippen LogP contribution in [0.3, 0.4) is 0 Å². The van der Waals surface area contributed by atoms with E-state index in [1.165, 1.54) is 0 Å². The highest BCUT2D eigenvalue weighted by atomic mass is 35.5. The Balaban J connectivity index is 2.67. The van der Waals surface area contributed by atoms with E-state index in [0.29, 0.717) is 5.82 Å². The van der Waals surface area contributed by atoms with Crippen LogP contribution in [0.25, 0.3) is 0 Å². The summed E-state index contributed by atoms with van der Waals surface area (Å²) in [6, 6.07) is 3.43. The molecule has 0 spiro atoms. The van der Waals surface area contributed by atoms with Gasteiger partial charge in [-0.15, -0.1) is 0 Å². The van der Waals surface area contributed by atoms with Gasteiger partial charge in [-0.2, -0.15) is 0 Å². The van der Waals surface area contributed by atoms with Crippen molar-refractivity contribution in [3.63, 3.8) is 0 Å². The molecule has 0 aliphatic rings. The van der Waals surface area contributed by atoms with Gasteiger partial charge in [0.15, 0.2) is 5.69 Å². The van der Waals surface area contributed by atoms with Crippen LogP contribution in [0.1, 0.15) is 23.8 Å². The van der Waals surface area contributed by atoms with Crippen LogP contribution >= 0.6 is 11.6 Å². The number of pyridine rings is 1. The first-order chi connectivity index (χ1) is 8.40. The highest BCUT2D eigenvalue weighted by Gasteiger charge is 2.12. The lowest BCUT2D eigenvalue weighted by atomic mass is 10.2. The summed E-state index contributed by atoms with van der Waals surface area (Å²) in [5.74, 6) is -0.590. The van der Waals surface area contributed by atoms with Crippen molar-refractivity contribution in [2.24, 2.45) is 0 Å². The molecule has 1 unspecified atom stereocenters. The number of nitrogens with one attached hydrogen (secondary N) is 1. The van der Waals surface area contributed by atoms with Crippen molar-refractivity contribution in [2.45, 2.75) is 19.4 Å². The zero-order valence-electron chi connectivity index (χ0n) is 10.8. The summed E-state index contributed by atoms with van der Waals surface area (Å²) in [6.45, 7) is 2.98. The lowest BCUT2D eigenvalue weighted by molar-refractivity contribution is 0.0691. The molecular weight excluding hydrogens is 254 g/mol. The largest absolute Gasteiger partial charge is 0.476 e. The second-order valence-electron chi connectivity index (χ2n) is 4.47. The van der Waals surface area contributed by atoms with E-state index in [1.807, 2.05) is 21.0 Å². The molecule has 0 radical (unpaired) electrons. The van der Waals surface area contributed by atoms with E-state index in [2.05, 4.69) is 15.2 Å². The van der Waals surface area contributed by atoms with E-state index in [0.717, 1.165) is 13.0 Å². The van der Waals surface area contributed by atoms with E-state index in [4.69, 9.17) is 16.7 Å². The molecule has 5 nitrogen and oxygen atoms in total. The fourth-order valence-corrected chi connectivity index (χ4v) is 1.64. The normalized spacial score (nSPS) is 12.5. The minimum absolute atomic E-state index is 0.124. The average molecular weight is 272 g/mol. The molecule has 0 saturated carbocycles. The molecule has 1 aromatic heterocycles. The Labute approximate surface area is 112 Å². The number of hydrogen-bond donors (Lipinski definition) is 2. The van der Waals surface area contributed by atoms with Crippen LogP contribution < -0.4 is 5.32 Å². The molecule has 1 heterocycles. The van der Waals surface area contributed by atoms with Crippen molar-refractivity contribution < 1.29 is 9.90 Å². The predicted molar refractivity (Wildman–Crippen MR) is 72.5 cm³/mol. The summed E-state index contributed by atoms with van der Waals surface area (Å²) in [5.41, 5.74) is -0.124. The van der Waals surface area contributed by atoms with Gasteiger partial charge >= 0.3 is 5.97 Å². The number of halogens is 1. The monoisotopic (exact) mass is 271 g/mol. The molecule has 0 amide bonds. The summed E-state index contributed by atoms with van der Waals surface area (Å²) in [4.78, 5) is 17.0. The predicted octanol–water partition coefficient (Wildman–Crippen LogP) is 2.19. The van der Waals surface area contributed by atoms with Gasteiger partial charge in [0.05, 0.1) is 5.02 Å². The van der Waals surface area contributed by atoms with Gasteiger partial charge in [-0.25, -0.2) is 9.78 Å². The van der Waals surface area contributed by atoms with Crippen LogP contribution in [-0.4, -0.2) is 47.6 Å². The van der Waals surface area contributed by atoms with Gasteiger partial charge in [0.25, 0.3) is 0 Å². The summed E-state index contributed by atoms with van der Waals surface area (Å²) in [6.07, 6.45) is 0.944. The molecule has 1 atom stereocenters. The summed E-state index contributed by atoms with van der Waals surface area (Å²) >= 11 is 5.75. The van der Waals surface area contributed by atoms with Gasteiger partial charge < -0.3 is 15.3 Å². The van der Waals surface area contributed by atoms with Gasteiger partial charge in [0.1, 0.15) is 5.82 Å². The highest BCUT2D eigenvalue weighted by Crippen LogP contribution is 2.17. The van der Waals surface area contributed by atoms with Crippen molar-refractivity contribution in [3.8, 4) is 0 Å². The Morgan fingerprint density at radius 3 is 2.78 bits per heavy atom. The molecule has 6 heteroatoms. The van der Waals surface area contributed by atoms with E-state index in [1.54, 1.807) is 12.1 Å². The molecule has 100 valence electrons. The molecule has 18 heavy (non-hydrogen) atoms. The lowest BCUT2D eigenvalue weighted by Crippen LogP contribution is -2.23. The van der Waals surface area contributed by atoms with E-state index in [9.17, 15) is 4.79 Å². The maximum absolute atomic E-state index is 10.9. The van der Waals surface area contributed by atoms with Crippen molar-refractivity contribution in [1.29, 1.82) is 0 Å². The van der Waals surface area contributed by atoms with Crippen LogP contribution in [-0.2, 0) is 0 Å². The minimum atomic E-state index is -1.12. The van der Waals surface area contributed by atoms with Crippen molar-refractivity contribution >= 4 is 23.4 Å². The summed E-state index contributed by atoms with van der Waals surface area (Å²) < 4.78 is 0. The number of carbonyl (C=O) groups is 1. The molecule has 1 aromatic rings. The molecule has 0 fully saturated rings. The number of carboxylic acid groups (broad SMARTS) is 1. The third-order valence-corrected chi connectivity index (χ3v) is 2.76. The number of nitrogens with zero attached hydrogens (tertiary/aromatic N) is 2. The molecule has 0 aliphatic heterocycles.